The number of Topliss-reactive ketones (excluding diaryl/α,β-unsaturated/α-hetero) is 1. The van der Waals surface area contributed by atoms with Crippen molar-refractivity contribution < 1.29 is 9.59 Å². The minimum atomic E-state index is -0.390. The molecule has 0 saturated heterocycles. The summed E-state index contributed by atoms with van der Waals surface area (Å²) in [5.41, 5.74) is 5.12. The normalized spacial score (nSPS) is 13.3. The van der Waals surface area contributed by atoms with E-state index >= 15 is 0 Å². The molecule has 4 nitrogen and oxygen atoms in total. The van der Waals surface area contributed by atoms with E-state index in [4.69, 9.17) is 5.73 Å². The van der Waals surface area contributed by atoms with E-state index in [2.05, 4.69) is 0 Å². The fourth-order valence-electron chi connectivity index (χ4n) is 1.29. The average Bonchev–Trinajstić information content (AvgIpc) is 1.99. The molecule has 2 N–H and O–H groups in total. The molecule has 0 bridgehead atoms. The van der Waals surface area contributed by atoms with Crippen LogP contribution in [-0.2, 0) is 9.59 Å². The van der Waals surface area contributed by atoms with Crippen molar-refractivity contribution in [2.24, 2.45) is 11.7 Å². The van der Waals surface area contributed by atoms with Crippen LogP contribution >= 0.6 is 0 Å². The third kappa shape index (κ3) is 4.97. The number of hydrogen-bond acceptors (Lipinski definition) is 3. The van der Waals surface area contributed by atoms with Crippen molar-refractivity contribution in [1.82, 2.24) is 4.90 Å². The van der Waals surface area contributed by atoms with Crippen LogP contribution in [0.3, 0.4) is 0 Å². The van der Waals surface area contributed by atoms with E-state index in [9.17, 15) is 9.59 Å². The van der Waals surface area contributed by atoms with E-state index in [0.29, 0.717) is 12.5 Å². The lowest BCUT2D eigenvalue weighted by Gasteiger charge is -2.27. The van der Waals surface area contributed by atoms with Gasteiger partial charge in [0, 0.05) is 6.54 Å². The van der Waals surface area contributed by atoms with Gasteiger partial charge in [-0.15, -0.1) is 0 Å². The van der Waals surface area contributed by atoms with E-state index in [1.807, 2.05) is 18.7 Å². The molecular formula is C10H20N2O2. The molecule has 0 aromatic rings. The molecule has 0 rings (SSSR count). The van der Waals surface area contributed by atoms with Crippen molar-refractivity contribution in [3.05, 3.63) is 0 Å². The Balaban J connectivity index is 4.37. The minimum absolute atomic E-state index is 0.0619. The van der Waals surface area contributed by atoms with Gasteiger partial charge in [-0.3, -0.25) is 14.5 Å². The van der Waals surface area contributed by atoms with Gasteiger partial charge in [-0.2, -0.15) is 0 Å². The number of rotatable bonds is 6. The second kappa shape index (κ2) is 5.75. The number of nitrogens with zero attached hydrogens (tertiary/aromatic N) is 1. The SMILES string of the molecule is CC(=O)C(C)N(CC(N)=O)CC(C)C. The van der Waals surface area contributed by atoms with Crippen LogP contribution in [-0.4, -0.2) is 35.7 Å². The third-order valence-electron chi connectivity index (χ3n) is 2.09. The highest BCUT2D eigenvalue weighted by atomic mass is 16.1. The van der Waals surface area contributed by atoms with Gasteiger partial charge in [-0.05, 0) is 19.8 Å². The lowest BCUT2D eigenvalue weighted by atomic mass is 10.1. The van der Waals surface area contributed by atoms with Gasteiger partial charge in [0.25, 0.3) is 0 Å². The van der Waals surface area contributed by atoms with Crippen LogP contribution in [0.1, 0.15) is 27.7 Å². The number of primary amides is 1. The molecule has 0 aliphatic heterocycles. The van der Waals surface area contributed by atoms with Gasteiger partial charge in [0.15, 0.2) is 0 Å². The smallest absolute Gasteiger partial charge is 0.231 e. The molecule has 4 heteroatoms. The van der Waals surface area contributed by atoms with Crippen molar-refractivity contribution in [1.29, 1.82) is 0 Å². The Morgan fingerprint density at radius 2 is 1.79 bits per heavy atom. The average molecular weight is 200 g/mol. The summed E-state index contributed by atoms with van der Waals surface area (Å²) in [6, 6.07) is -0.232. The molecule has 0 fully saturated rings. The number of carbonyl (C=O) groups is 2. The second-order valence-corrected chi connectivity index (χ2v) is 4.08. The van der Waals surface area contributed by atoms with Crippen LogP contribution in [0, 0.1) is 5.92 Å². The number of ketones is 1. The maximum absolute atomic E-state index is 11.2. The van der Waals surface area contributed by atoms with Crippen molar-refractivity contribution >= 4 is 11.7 Å². The zero-order valence-corrected chi connectivity index (χ0v) is 9.41. The zero-order chi connectivity index (χ0) is 11.3. The van der Waals surface area contributed by atoms with Crippen LogP contribution in [0.4, 0.5) is 0 Å². The molecule has 0 aromatic carbocycles. The van der Waals surface area contributed by atoms with Gasteiger partial charge in [0.2, 0.25) is 5.91 Å². The van der Waals surface area contributed by atoms with E-state index in [-0.39, 0.29) is 18.4 Å². The maximum Gasteiger partial charge on any atom is 0.231 e. The van der Waals surface area contributed by atoms with Gasteiger partial charge >= 0.3 is 0 Å². The zero-order valence-electron chi connectivity index (χ0n) is 9.41. The fourth-order valence-corrected chi connectivity index (χ4v) is 1.29. The first-order chi connectivity index (χ1) is 6.34. The molecule has 1 amide bonds. The summed E-state index contributed by atoms with van der Waals surface area (Å²) in [5, 5.41) is 0. The third-order valence-corrected chi connectivity index (χ3v) is 2.09. The van der Waals surface area contributed by atoms with Gasteiger partial charge in [0.1, 0.15) is 5.78 Å². The highest BCUT2D eigenvalue weighted by Gasteiger charge is 2.20. The summed E-state index contributed by atoms with van der Waals surface area (Å²) in [5.74, 6) is 0.0850. The molecule has 0 saturated carbocycles. The fraction of sp³-hybridized carbons (Fsp3) is 0.800. The largest absolute Gasteiger partial charge is 0.369 e. The minimum Gasteiger partial charge on any atom is -0.369 e. The molecule has 1 atom stereocenters. The van der Waals surface area contributed by atoms with Gasteiger partial charge in [-0.1, -0.05) is 13.8 Å². The lowest BCUT2D eigenvalue weighted by molar-refractivity contribution is -0.124. The van der Waals surface area contributed by atoms with Crippen molar-refractivity contribution in [3.63, 3.8) is 0 Å². The van der Waals surface area contributed by atoms with Crippen LogP contribution in [0.5, 0.6) is 0 Å². The standard InChI is InChI=1S/C10H20N2O2/c1-7(2)5-12(6-10(11)14)8(3)9(4)13/h7-8H,5-6H2,1-4H3,(H2,11,14). The molecule has 14 heavy (non-hydrogen) atoms. The Morgan fingerprint density at radius 1 is 1.29 bits per heavy atom. The lowest BCUT2D eigenvalue weighted by Crippen LogP contribution is -2.44. The molecule has 0 aliphatic rings. The first-order valence-electron chi connectivity index (χ1n) is 4.87. The van der Waals surface area contributed by atoms with Gasteiger partial charge in [0.05, 0.1) is 12.6 Å². The maximum atomic E-state index is 11.2. The Morgan fingerprint density at radius 3 is 2.07 bits per heavy atom. The topological polar surface area (TPSA) is 63.4 Å². The van der Waals surface area contributed by atoms with Crippen LogP contribution in [0.2, 0.25) is 0 Å². The molecule has 0 heterocycles. The molecule has 0 aromatic heterocycles. The highest BCUT2D eigenvalue weighted by Crippen LogP contribution is 2.04. The van der Waals surface area contributed by atoms with E-state index < -0.39 is 5.91 Å². The molecule has 0 radical (unpaired) electrons. The molecular weight excluding hydrogens is 180 g/mol. The predicted octanol–water partition coefficient (Wildman–Crippen LogP) is 0.407. The van der Waals surface area contributed by atoms with Crippen LogP contribution in [0.15, 0.2) is 0 Å². The van der Waals surface area contributed by atoms with Crippen LogP contribution in [0.25, 0.3) is 0 Å². The summed E-state index contributed by atoms with van der Waals surface area (Å²) in [7, 11) is 0. The summed E-state index contributed by atoms with van der Waals surface area (Å²) >= 11 is 0. The van der Waals surface area contributed by atoms with Crippen molar-refractivity contribution in [2.45, 2.75) is 33.7 Å². The number of amides is 1. The van der Waals surface area contributed by atoms with E-state index in [0.717, 1.165) is 0 Å². The summed E-state index contributed by atoms with van der Waals surface area (Å²) < 4.78 is 0. The Bertz CT molecular complexity index is 214. The molecule has 0 aliphatic carbocycles. The first-order valence-corrected chi connectivity index (χ1v) is 4.87. The monoisotopic (exact) mass is 200 g/mol. The molecule has 0 spiro atoms. The Kier molecular flexibility index (Phi) is 5.38. The van der Waals surface area contributed by atoms with Gasteiger partial charge in [-0.25, -0.2) is 0 Å². The first kappa shape index (κ1) is 13.1. The molecule has 1 unspecified atom stereocenters. The predicted molar refractivity (Wildman–Crippen MR) is 55.7 cm³/mol. The van der Waals surface area contributed by atoms with E-state index in [1.54, 1.807) is 6.92 Å². The molecule has 82 valence electrons. The van der Waals surface area contributed by atoms with E-state index in [1.165, 1.54) is 6.92 Å². The number of hydrogen-bond donors (Lipinski definition) is 1. The number of nitrogens with two attached hydrogens (primary N) is 1. The van der Waals surface area contributed by atoms with Crippen LogP contribution < -0.4 is 5.73 Å². The number of carbonyl (C=O) groups excluding carboxylic acids is 2. The highest BCUT2D eigenvalue weighted by molar-refractivity contribution is 5.82. The Hall–Kier alpha value is -0.900. The summed E-state index contributed by atoms with van der Waals surface area (Å²) in [6.07, 6.45) is 0. The second-order valence-electron chi connectivity index (χ2n) is 4.08. The Labute approximate surface area is 85.4 Å². The summed E-state index contributed by atoms with van der Waals surface area (Å²) in [4.78, 5) is 23.8. The quantitative estimate of drug-likeness (QED) is 0.675. The van der Waals surface area contributed by atoms with Gasteiger partial charge < -0.3 is 5.73 Å². The summed E-state index contributed by atoms with van der Waals surface area (Å²) in [6.45, 7) is 8.27. The van der Waals surface area contributed by atoms with Crippen molar-refractivity contribution in [3.8, 4) is 0 Å². The van der Waals surface area contributed by atoms with Crippen molar-refractivity contribution in [2.75, 3.05) is 13.1 Å².